The summed E-state index contributed by atoms with van der Waals surface area (Å²) in [5.41, 5.74) is 4.64. The van der Waals surface area contributed by atoms with Crippen molar-refractivity contribution in [1.29, 1.82) is 0 Å². The molecule has 0 N–H and O–H groups in total. The number of methoxy groups -OCH3 is 1. The van der Waals surface area contributed by atoms with Crippen LogP contribution in [0.15, 0.2) is 54.1 Å². The van der Waals surface area contributed by atoms with E-state index in [-0.39, 0.29) is 5.97 Å². The van der Waals surface area contributed by atoms with Crippen molar-refractivity contribution in [3.8, 4) is 5.75 Å². The molecule has 0 aliphatic carbocycles. The summed E-state index contributed by atoms with van der Waals surface area (Å²) in [6.07, 6.45) is 3.63. The summed E-state index contributed by atoms with van der Waals surface area (Å²) < 4.78 is 10.6. The number of rotatable bonds is 3. The van der Waals surface area contributed by atoms with Gasteiger partial charge in [0.15, 0.2) is 0 Å². The topological polar surface area (TPSA) is 35.5 Å². The maximum absolute atomic E-state index is 12.1. The molecule has 116 valence electrons. The number of esters is 1. The molecule has 3 nitrogen and oxygen atoms in total. The molecule has 0 saturated carbocycles. The number of cyclic esters (lactones) is 1. The Balaban J connectivity index is 1.93. The van der Waals surface area contributed by atoms with Crippen LogP contribution in [0.4, 0.5) is 0 Å². The van der Waals surface area contributed by atoms with Crippen LogP contribution in [0.1, 0.15) is 22.3 Å². The average molecular weight is 306 g/mol. The molecule has 1 heterocycles. The van der Waals surface area contributed by atoms with Crippen LogP contribution in [0.2, 0.25) is 0 Å². The first-order valence-corrected chi connectivity index (χ1v) is 7.44. The summed E-state index contributed by atoms with van der Waals surface area (Å²) in [5.74, 6) is 1.07. The molecule has 1 aliphatic rings. The van der Waals surface area contributed by atoms with E-state index in [0.717, 1.165) is 22.4 Å². The molecule has 3 heteroatoms. The highest BCUT2D eigenvalue weighted by atomic mass is 16.5. The summed E-state index contributed by atoms with van der Waals surface area (Å²) in [5, 5.41) is 0. The van der Waals surface area contributed by atoms with Gasteiger partial charge in [-0.3, -0.25) is 0 Å². The summed E-state index contributed by atoms with van der Waals surface area (Å²) in [6, 6.07) is 13.7. The maximum Gasteiger partial charge on any atom is 0.343 e. The van der Waals surface area contributed by atoms with Crippen LogP contribution in [-0.2, 0) is 9.53 Å². The van der Waals surface area contributed by atoms with E-state index in [0.29, 0.717) is 11.3 Å². The van der Waals surface area contributed by atoms with Crippen LogP contribution in [0.5, 0.6) is 5.75 Å². The lowest BCUT2D eigenvalue weighted by molar-refractivity contribution is -0.130. The van der Waals surface area contributed by atoms with Gasteiger partial charge in [-0.15, -0.1) is 0 Å². The Hall–Kier alpha value is -2.81. The Morgan fingerprint density at radius 1 is 1.04 bits per heavy atom. The molecule has 23 heavy (non-hydrogen) atoms. The Morgan fingerprint density at radius 2 is 1.78 bits per heavy atom. The molecule has 3 rings (SSSR count). The molecule has 0 saturated heterocycles. The second-order valence-corrected chi connectivity index (χ2v) is 5.59. The van der Waals surface area contributed by atoms with E-state index in [9.17, 15) is 4.79 Å². The number of hydrogen-bond donors (Lipinski definition) is 0. The lowest BCUT2D eigenvalue weighted by atomic mass is 10.0. The third kappa shape index (κ3) is 3.19. The van der Waals surface area contributed by atoms with E-state index in [1.807, 2.05) is 62.4 Å². The van der Waals surface area contributed by atoms with E-state index in [4.69, 9.17) is 9.47 Å². The Kier molecular flexibility index (Phi) is 4.02. The second kappa shape index (κ2) is 6.13. The van der Waals surface area contributed by atoms with Crippen molar-refractivity contribution in [2.45, 2.75) is 13.8 Å². The number of benzene rings is 2. The third-order valence-corrected chi connectivity index (χ3v) is 3.85. The number of ether oxygens (including phenoxy) is 2. The van der Waals surface area contributed by atoms with Gasteiger partial charge in [0.1, 0.15) is 11.5 Å². The third-order valence-electron chi connectivity index (χ3n) is 3.85. The molecular weight excluding hydrogens is 288 g/mol. The fourth-order valence-corrected chi connectivity index (χ4v) is 2.45. The smallest absolute Gasteiger partial charge is 0.343 e. The molecule has 0 bridgehead atoms. The van der Waals surface area contributed by atoms with Gasteiger partial charge in [0, 0.05) is 5.56 Å². The van der Waals surface area contributed by atoms with Crippen LogP contribution >= 0.6 is 0 Å². The van der Waals surface area contributed by atoms with Crippen molar-refractivity contribution in [3.05, 3.63) is 76.4 Å². The van der Waals surface area contributed by atoms with Gasteiger partial charge in [-0.2, -0.15) is 0 Å². The highest BCUT2D eigenvalue weighted by Gasteiger charge is 2.22. The van der Waals surface area contributed by atoms with Crippen molar-refractivity contribution in [2.75, 3.05) is 7.11 Å². The van der Waals surface area contributed by atoms with Crippen LogP contribution in [0.25, 0.3) is 11.8 Å². The summed E-state index contributed by atoms with van der Waals surface area (Å²) >= 11 is 0. The van der Waals surface area contributed by atoms with Crippen molar-refractivity contribution in [2.24, 2.45) is 0 Å². The average Bonchev–Trinajstić information content (AvgIpc) is 2.91. The van der Waals surface area contributed by atoms with Crippen molar-refractivity contribution >= 4 is 17.8 Å². The van der Waals surface area contributed by atoms with Crippen LogP contribution in [0, 0.1) is 13.8 Å². The normalized spacial score (nSPS) is 15.5. The minimum absolute atomic E-state index is 0.323. The standard InChI is InChI=1S/C20H18O3/c1-13-4-6-15(7-5-13)19-12-17(20(21)23-19)11-16-8-9-18(22-3)10-14(16)2/h4-12H,1-3H3/b17-11+. The molecule has 0 radical (unpaired) electrons. The second-order valence-electron chi connectivity index (χ2n) is 5.59. The molecule has 0 spiro atoms. The lowest BCUT2D eigenvalue weighted by Gasteiger charge is -2.04. The number of hydrogen-bond acceptors (Lipinski definition) is 3. The van der Waals surface area contributed by atoms with E-state index in [1.165, 1.54) is 5.56 Å². The van der Waals surface area contributed by atoms with Gasteiger partial charge >= 0.3 is 5.97 Å². The Labute approximate surface area is 135 Å². The van der Waals surface area contributed by atoms with Crippen molar-refractivity contribution in [1.82, 2.24) is 0 Å². The van der Waals surface area contributed by atoms with E-state index >= 15 is 0 Å². The van der Waals surface area contributed by atoms with Gasteiger partial charge < -0.3 is 9.47 Å². The minimum Gasteiger partial charge on any atom is -0.497 e. The van der Waals surface area contributed by atoms with Crippen LogP contribution in [-0.4, -0.2) is 13.1 Å². The zero-order chi connectivity index (χ0) is 16.4. The van der Waals surface area contributed by atoms with Gasteiger partial charge in [-0.05, 0) is 49.3 Å². The van der Waals surface area contributed by atoms with E-state index in [1.54, 1.807) is 13.2 Å². The van der Waals surface area contributed by atoms with Gasteiger partial charge in [0.05, 0.1) is 12.7 Å². The molecule has 2 aromatic rings. The fourth-order valence-electron chi connectivity index (χ4n) is 2.45. The zero-order valence-corrected chi connectivity index (χ0v) is 13.4. The molecule has 0 atom stereocenters. The maximum atomic E-state index is 12.1. The SMILES string of the molecule is COc1ccc(/C=C2\C=C(c3ccc(C)cc3)OC2=O)c(C)c1. The largest absolute Gasteiger partial charge is 0.497 e. The number of carbonyl (C=O) groups is 1. The lowest BCUT2D eigenvalue weighted by Crippen LogP contribution is -1.97. The Bertz CT molecular complexity index is 811. The highest BCUT2D eigenvalue weighted by Crippen LogP contribution is 2.28. The van der Waals surface area contributed by atoms with Gasteiger partial charge in [-0.25, -0.2) is 4.79 Å². The summed E-state index contributed by atoms with van der Waals surface area (Å²) in [7, 11) is 1.64. The van der Waals surface area contributed by atoms with E-state index in [2.05, 4.69) is 0 Å². The quantitative estimate of drug-likeness (QED) is 0.627. The van der Waals surface area contributed by atoms with E-state index < -0.39 is 0 Å². The molecule has 2 aromatic carbocycles. The van der Waals surface area contributed by atoms with Crippen LogP contribution < -0.4 is 4.74 Å². The molecule has 0 amide bonds. The minimum atomic E-state index is -0.323. The molecular formula is C20H18O3. The predicted octanol–water partition coefficient (Wildman–Crippen LogP) is 4.29. The number of carbonyl (C=O) groups excluding carboxylic acids is 1. The Morgan fingerprint density at radius 3 is 2.43 bits per heavy atom. The molecule has 1 aliphatic heterocycles. The van der Waals surface area contributed by atoms with Gasteiger partial charge in [0.2, 0.25) is 0 Å². The highest BCUT2D eigenvalue weighted by molar-refractivity contribution is 6.05. The van der Waals surface area contributed by atoms with Gasteiger partial charge in [0.25, 0.3) is 0 Å². The zero-order valence-electron chi connectivity index (χ0n) is 13.4. The monoisotopic (exact) mass is 306 g/mol. The van der Waals surface area contributed by atoms with Crippen molar-refractivity contribution in [3.63, 3.8) is 0 Å². The van der Waals surface area contributed by atoms with Crippen LogP contribution in [0.3, 0.4) is 0 Å². The molecule has 0 aromatic heterocycles. The molecule has 0 unspecified atom stereocenters. The first-order chi connectivity index (χ1) is 11.1. The number of aryl methyl sites for hydroxylation is 2. The first-order valence-electron chi connectivity index (χ1n) is 7.44. The predicted molar refractivity (Wildman–Crippen MR) is 91.0 cm³/mol. The summed E-state index contributed by atoms with van der Waals surface area (Å²) in [6.45, 7) is 4.01. The first kappa shape index (κ1) is 15.1. The summed E-state index contributed by atoms with van der Waals surface area (Å²) in [4.78, 5) is 12.1. The van der Waals surface area contributed by atoms with Gasteiger partial charge in [-0.1, -0.05) is 35.9 Å². The van der Waals surface area contributed by atoms with Crippen molar-refractivity contribution < 1.29 is 14.3 Å². The fraction of sp³-hybridized carbons (Fsp3) is 0.150. The molecule has 0 fully saturated rings.